The average Bonchev–Trinajstić information content (AvgIpc) is 2.69. The summed E-state index contributed by atoms with van der Waals surface area (Å²) in [6, 6.07) is 0. The lowest BCUT2D eigenvalue weighted by Crippen LogP contribution is -2.53. The van der Waals surface area contributed by atoms with Crippen molar-refractivity contribution in [2.24, 2.45) is 5.41 Å². The van der Waals surface area contributed by atoms with Crippen LogP contribution in [0, 0.1) is 5.41 Å². The summed E-state index contributed by atoms with van der Waals surface area (Å²) < 4.78 is 10.7. The number of carbonyl (C=O) groups is 1. The van der Waals surface area contributed by atoms with Gasteiger partial charge in [0.15, 0.2) is 0 Å². The van der Waals surface area contributed by atoms with Crippen molar-refractivity contribution >= 4 is 6.09 Å². The fraction of sp³-hybridized carbons (Fsp3) is 0.923. The summed E-state index contributed by atoms with van der Waals surface area (Å²) in [5.41, 5.74) is -0.633. The minimum absolute atomic E-state index is 0.140. The predicted octanol–water partition coefficient (Wildman–Crippen LogP) is 1.39. The van der Waals surface area contributed by atoms with E-state index in [1.165, 1.54) is 0 Å². The van der Waals surface area contributed by atoms with Crippen molar-refractivity contribution in [3.63, 3.8) is 0 Å². The Labute approximate surface area is 108 Å². The van der Waals surface area contributed by atoms with Gasteiger partial charge in [-0.2, -0.15) is 0 Å². The minimum Gasteiger partial charge on any atom is -0.444 e. The van der Waals surface area contributed by atoms with Crippen LogP contribution in [0.2, 0.25) is 0 Å². The number of aliphatic hydroxyl groups excluding tert-OH is 1. The first-order valence-electron chi connectivity index (χ1n) is 6.56. The molecule has 1 amide bonds. The normalized spacial score (nSPS) is 32.9. The number of aliphatic hydroxyl groups is 1. The predicted molar refractivity (Wildman–Crippen MR) is 66.3 cm³/mol. The Hall–Kier alpha value is -0.810. The van der Waals surface area contributed by atoms with E-state index in [0.29, 0.717) is 26.3 Å². The van der Waals surface area contributed by atoms with Gasteiger partial charge in [0.05, 0.1) is 19.3 Å². The molecule has 18 heavy (non-hydrogen) atoms. The maximum absolute atomic E-state index is 11.9. The molecule has 0 aromatic heterocycles. The molecule has 2 atom stereocenters. The average molecular weight is 257 g/mol. The number of nitrogens with zero attached hydrogens (tertiary/aromatic N) is 1. The van der Waals surface area contributed by atoms with Gasteiger partial charge in [-0.05, 0) is 33.6 Å². The summed E-state index contributed by atoms with van der Waals surface area (Å²) in [7, 11) is 0. The molecule has 0 aromatic rings. The molecule has 1 spiro atoms. The smallest absolute Gasteiger partial charge is 0.410 e. The number of amides is 1. The summed E-state index contributed by atoms with van der Waals surface area (Å²) in [6.07, 6.45) is 0.820. The van der Waals surface area contributed by atoms with Gasteiger partial charge in [-0.25, -0.2) is 4.79 Å². The van der Waals surface area contributed by atoms with E-state index in [2.05, 4.69) is 0 Å². The third kappa shape index (κ3) is 2.78. The van der Waals surface area contributed by atoms with Crippen LogP contribution in [0.15, 0.2) is 0 Å². The largest absolute Gasteiger partial charge is 0.444 e. The van der Waals surface area contributed by atoms with E-state index in [1.807, 2.05) is 20.8 Å². The summed E-state index contributed by atoms with van der Waals surface area (Å²) in [5.74, 6) is 0. The van der Waals surface area contributed by atoms with Crippen molar-refractivity contribution < 1.29 is 19.4 Å². The molecule has 0 saturated carbocycles. The highest BCUT2D eigenvalue weighted by Crippen LogP contribution is 2.39. The molecule has 2 aliphatic heterocycles. The van der Waals surface area contributed by atoms with Gasteiger partial charge in [-0.3, -0.25) is 0 Å². The zero-order valence-corrected chi connectivity index (χ0v) is 11.4. The molecule has 5 nitrogen and oxygen atoms in total. The van der Waals surface area contributed by atoms with Gasteiger partial charge in [0.2, 0.25) is 0 Å². The first-order valence-corrected chi connectivity index (χ1v) is 6.56. The second-order valence-electron chi connectivity index (χ2n) is 6.36. The number of likely N-dealkylation sites (tertiary alicyclic amines) is 1. The maximum Gasteiger partial charge on any atom is 0.410 e. The first kappa shape index (κ1) is 13.6. The van der Waals surface area contributed by atoms with Crippen LogP contribution in [0.25, 0.3) is 0 Å². The molecular weight excluding hydrogens is 234 g/mol. The number of rotatable bonds is 0. The fourth-order valence-corrected chi connectivity index (χ4v) is 2.59. The Morgan fingerprint density at radius 1 is 1.44 bits per heavy atom. The maximum atomic E-state index is 11.9. The first-order chi connectivity index (χ1) is 8.32. The third-order valence-corrected chi connectivity index (χ3v) is 3.77. The molecule has 2 heterocycles. The zero-order valence-electron chi connectivity index (χ0n) is 11.4. The van der Waals surface area contributed by atoms with E-state index in [4.69, 9.17) is 9.47 Å². The van der Waals surface area contributed by atoms with Gasteiger partial charge in [0.1, 0.15) is 5.60 Å². The highest BCUT2D eigenvalue weighted by atomic mass is 16.6. The summed E-state index contributed by atoms with van der Waals surface area (Å²) in [4.78, 5) is 13.5. The van der Waals surface area contributed by atoms with Crippen molar-refractivity contribution in [3.05, 3.63) is 0 Å². The Bertz CT molecular complexity index is 317. The van der Waals surface area contributed by atoms with Gasteiger partial charge in [0, 0.05) is 18.6 Å². The van der Waals surface area contributed by atoms with Crippen LogP contribution < -0.4 is 0 Å². The molecular formula is C13H23NO4. The van der Waals surface area contributed by atoms with Gasteiger partial charge in [0.25, 0.3) is 0 Å². The summed E-state index contributed by atoms with van der Waals surface area (Å²) >= 11 is 0. The molecule has 0 aromatic carbocycles. The second-order valence-corrected chi connectivity index (χ2v) is 6.36. The number of piperidine rings is 1. The number of hydrogen-bond donors (Lipinski definition) is 1. The van der Waals surface area contributed by atoms with Crippen LogP contribution in [0.4, 0.5) is 4.79 Å². The van der Waals surface area contributed by atoms with Crippen LogP contribution in [0.3, 0.4) is 0 Å². The van der Waals surface area contributed by atoms with E-state index in [-0.39, 0.29) is 11.5 Å². The minimum atomic E-state index is -0.513. The van der Waals surface area contributed by atoms with E-state index in [9.17, 15) is 9.90 Å². The lowest BCUT2D eigenvalue weighted by atomic mass is 9.76. The van der Waals surface area contributed by atoms with Crippen molar-refractivity contribution in [3.8, 4) is 0 Å². The number of hydrogen-bond acceptors (Lipinski definition) is 4. The zero-order chi connectivity index (χ0) is 13.4. The van der Waals surface area contributed by atoms with Gasteiger partial charge in [-0.15, -0.1) is 0 Å². The van der Waals surface area contributed by atoms with Crippen molar-refractivity contribution in [1.29, 1.82) is 0 Å². The Morgan fingerprint density at radius 2 is 2.17 bits per heavy atom. The standard InChI is InChI=1S/C13H23NO4/c1-12(2,3)18-11(16)14-6-4-13(10(15)8-14)5-7-17-9-13/h10,15H,4-9H2,1-3H3/t10-,13-/m1/s1. The van der Waals surface area contributed by atoms with E-state index in [0.717, 1.165) is 12.8 Å². The topological polar surface area (TPSA) is 59.0 Å². The van der Waals surface area contributed by atoms with E-state index in [1.54, 1.807) is 4.90 Å². The molecule has 1 N–H and O–H groups in total. The van der Waals surface area contributed by atoms with Crippen molar-refractivity contribution in [2.45, 2.75) is 45.3 Å². The van der Waals surface area contributed by atoms with Gasteiger partial charge >= 0.3 is 6.09 Å². The summed E-state index contributed by atoms with van der Waals surface area (Å²) in [6.45, 7) is 7.83. The van der Waals surface area contributed by atoms with Crippen molar-refractivity contribution in [2.75, 3.05) is 26.3 Å². The molecule has 0 radical (unpaired) electrons. The molecule has 104 valence electrons. The van der Waals surface area contributed by atoms with E-state index < -0.39 is 11.7 Å². The van der Waals surface area contributed by atoms with Crippen molar-refractivity contribution in [1.82, 2.24) is 4.90 Å². The lowest BCUT2D eigenvalue weighted by molar-refractivity contribution is -0.0558. The van der Waals surface area contributed by atoms with Crippen LogP contribution in [0.5, 0.6) is 0 Å². The molecule has 0 bridgehead atoms. The molecule has 2 rings (SSSR count). The molecule has 5 heteroatoms. The van der Waals surface area contributed by atoms with Crippen LogP contribution in [0.1, 0.15) is 33.6 Å². The molecule has 2 aliphatic rings. The van der Waals surface area contributed by atoms with Crippen LogP contribution in [-0.2, 0) is 9.47 Å². The van der Waals surface area contributed by atoms with Crippen LogP contribution >= 0.6 is 0 Å². The molecule has 0 unspecified atom stereocenters. The highest BCUT2D eigenvalue weighted by Gasteiger charge is 2.46. The SMILES string of the molecule is CC(C)(C)OC(=O)N1CC[C@]2(CCOC2)[C@H](O)C1. The Morgan fingerprint density at radius 3 is 2.67 bits per heavy atom. The molecule has 2 fully saturated rings. The fourth-order valence-electron chi connectivity index (χ4n) is 2.59. The second kappa shape index (κ2) is 4.70. The monoisotopic (exact) mass is 257 g/mol. The van der Waals surface area contributed by atoms with Gasteiger partial charge < -0.3 is 19.5 Å². The lowest BCUT2D eigenvalue weighted by Gasteiger charge is -2.42. The number of ether oxygens (including phenoxy) is 2. The Balaban J connectivity index is 1.94. The molecule has 2 saturated heterocycles. The number of carbonyl (C=O) groups excluding carboxylic acids is 1. The van der Waals surface area contributed by atoms with E-state index >= 15 is 0 Å². The quantitative estimate of drug-likeness (QED) is 0.712. The highest BCUT2D eigenvalue weighted by molar-refractivity contribution is 5.68. The third-order valence-electron chi connectivity index (χ3n) is 3.77. The Kier molecular flexibility index (Phi) is 3.56. The van der Waals surface area contributed by atoms with Gasteiger partial charge in [-0.1, -0.05) is 0 Å². The molecule has 0 aliphatic carbocycles. The summed E-state index contributed by atoms with van der Waals surface area (Å²) in [5, 5.41) is 10.2. The van der Waals surface area contributed by atoms with Crippen LogP contribution in [-0.4, -0.2) is 54.1 Å². The number of β-amino-alcohol motifs (C(OH)–C–C–N with tert-alkyl or cyclic N) is 1.